The van der Waals surface area contributed by atoms with Crippen LogP contribution in [0.1, 0.15) is 0 Å². The fraction of sp³-hybridized carbons (Fsp3) is 0.250. The Morgan fingerprint density at radius 1 is 1.88 bits per heavy atom. The maximum absolute atomic E-state index is 12.2. The molecule has 1 rings (SSSR count). The molecule has 0 saturated heterocycles. The maximum Gasteiger partial charge on any atom is 0.185 e. The predicted octanol–water partition coefficient (Wildman–Crippen LogP) is 1.12. The van der Waals surface area contributed by atoms with E-state index in [1.807, 2.05) is 0 Å². The van der Waals surface area contributed by atoms with E-state index in [-0.39, 0.29) is 4.60 Å². The summed E-state index contributed by atoms with van der Waals surface area (Å²) in [7, 11) is 1.60. The highest BCUT2D eigenvalue weighted by atomic mass is 79.9. The van der Waals surface area contributed by atoms with Gasteiger partial charge >= 0.3 is 0 Å². The van der Waals surface area contributed by atoms with E-state index in [4.69, 9.17) is 0 Å². The molecule has 0 atom stereocenters. The summed E-state index contributed by atoms with van der Waals surface area (Å²) in [5.41, 5.74) is 0. The Morgan fingerprint density at radius 2 is 2.50 bits per heavy atom. The number of halogens is 2. The van der Waals surface area contributed by atoms with Crippen LogP contribution in [0.2, 0.25) is 0 Å². The summed E-state index contributed by atoms with van der Waals surface area (Å²) >= 11 is 2.88. The third kappa shape index (κ3) is 0.888. The predicted molar refractivity (Wildman–Crippen MR) is 29.7 cm³/mol. The van der Waals surface area contributed by atoms with Gasteiger partial charge in [0.25, 0.3) is 0 Å². The molecular weight excluding hydrogens is 175 g/mol. The van der Waals surface area contributed by atoms with Crippen molar-refractivity contribution in [2.75, 3.05) is 0 Å². The zero-order chi connectivity index (χ0) is 6.15. The average Bonchev–Trinajstić information content (AvgIpc) is 1.85. The van der Waals surface area contributed by atoms with Crippen LogP contribution in [0.15, 0.2) is 4.60 Å². The number of rotatable bonds is 0. The van der Waals surface area contributed by atoms with E-state index < -0.39 is 5.82 Å². The van der Waals surface area contributed by atoms with Crippen molar-refractivity contribution in [2.24, 2.45) is 7.05 Å². The Bertz CT molecular complexity index is 176. The Balaban J connectivity index is 3.14. The van der Waals surface area contributed by atoms with Gasteiger partial charge in [0.05, 0.1) is 0 Å². The minimum atomic E-state index is -0.451. The van der Waals surface area contributed by atoms with E-state index in [9.17, 15) is 4.39 Å². The van der Waals surface area contributed by atoms with E-state index >= 15 is 0 Å². The molecule has 8 heavy (non-hydrogen) atoms. The van der Waals surface area contributed by atoms with Gasteiger partial charge in [0.1, 0.15) is 6.20 Å². The molecule has 1 heterocycles. The van der Waals surface area contributed by atoms with Crippen LogP contribution in [0.25, 0.3) is 0 Å². The molecule has 0 saturated carbocycles. The summed E-state index contributed by atoms with van der Waals surface area (Å²) in [6, 6.07) is 0. The fourth-order valence-electron chi connectivity index (χ4n) is 0.389. The van der Waals surface area contributed by atoms with E-state index in [0.717, 1.165) is 0 Å². The fourth-order valence-corrected chi connectivity index (χ4v) is 0.715. The lowest BCUT2D eigenvalue weighted by Crippen LogP contribution is -1.85. The second kappa shape index (κ2) is 1.85. The van der Waals surface area contributed by atoms with Crippen LogP contribution < -0.4 is 0 Å². The first-order valence-corrected chi connectivity index (χ1v) is 2.77. The molecule has 1 radical (unpaired) electrons. The molecule has 0 N–H and O–H groups in total. The zero-order valence-corrected chi connectivity index (χ0v) is 5.74. The molecule has 0 aliphatic carbocycles. The smallest absolute Gasteiger partial charge is 0.185 e. The lowest BCUT2D eigenvalue weighted by Gasteiger charge is -1.77. The Morgan fingerprint density at radius 3 is 2.62 bits per heavy atom. The molecule has 4 heteroatoms. The molecule has 0 aromatic carbocycles. The number of hydrogen-bond acceptors (Lipinski definition) is 1. The highest BCUT2D eigenvalue weighted by Crippen LogP contribution is 2.08. The van der Waals surface area contributed by atoms with Crippen molar-refractivity contribution in [2.45, 2.75) is 0 Å². The summed E-state index contributed by atoms with van der Waals surface area (Å²) < 4.78 is 13.6. The number of aromatic nitrogens is 2. The molecule has 0 aliphatic rings. The minimum Gasteiger partial charge on any atom is -0.262 e. The normalized spacial score (nSPS) is 9.88. The topological polar surface area (TPSA) is 17.8 Å². The second-order valence-corrected chi connectivity index (χ2v) is 2.09. The molecule has 0 unspecified atom stereocenters. The average molecular weight is 178 g/mol. The molecule has 0 spiro atoms. The Kier molecular flexibility index (Phi) is 1.33. The number of hydrogen-bond donors (Lipinski definition) is 0. The van der Waals surface area contributed by atoms with E-state index in [1.165, 1.54) is 4.68 Å². The molecule has 0 amide bonds. The SMILES string of the molecule is Cn1[c]c(F)c(Br)n1. The van der Waals surface area contributed by atoms with Crippen LogP contribution in [-0.4, -0.2) is 9.78 Å². The maximum atomic E-state index is 12.2. The highest BCUT2D eigenvalue weighted by molar-refractivity contribution is 9.10. The van der Waals surface area contributed by atoms with Crippen molar-refractivity contribution in [1.82, 2.24) is 9.78 Å². The monoisotopic (exact) mass is 177 g/mol. The van der Waals surface area contributed by atoms with Gasteiger partial charge in [-0.15, -0.1) is 0 Å². The quantitative estimate of drug-likeness (QED) is 0.582. The van der Waals surface area contributed by atoms with Gasteiger partial charge in [-0.2, -0.15) is 5.10 Å². The molecule has 2 nitrogen and oxygen atoms in total. The summed E-state index contributed by atoms with van der Waals surface area (Å²) in [5.74, 6) is -0.451. The highest BCUT2D eigenvalue weighted by Gasteiger charge is 2.00. The van der Waals surface area contributed by atoms with Crippen molar-refractivity contribution < 1.29 is 4.39 Å². The van der Waals surface area contributed by atoms with Crippen molar-refractivity contribution in [3.05, 3.63) is 16.6 Å². The lowest BCUT2D eigenvalue weighted by molar-refractivity contribution is 0.616. The summed E-state index contributed by atoms with van der Waals surface area (Å²) in [6.07, 6.45) is 2.30. The van der Waals surface area contributed by atoms with E-state index in [2.05, 4.69) is 27.2 Å². The third-order valence-electron chi connectivity index (χ3n) is 0.679. The van der Waals surface area contributed by atoms with Gasteiger partial charge in [-0.3, -0.25) is 4.68 Å². The molecular formula is C4H3BrFN2. The van der Waals surface area contributed by atoms with Crippen LogP contribution >= 0.6 is 15.9 Å². The Labute approximate surface area is 54.4 Å². The number of aryl methyl sites for hydroxylation is 1. The first-order chi connectivity index (χ1) is 3.70. The molecule has 0 fully saturated rings. The molecule has 1 aromatic rings. The zero-order valence-electron chi connectivity index (χ0n) is 4.15. The van der Waals surface area contributed by atoms with E-state index in [1.54, 1.807) is 7.05 Å². The van der Waals surface area contributed by atoms with E-state index in [0.29, 0.717) is 0 Å². The van der Waals surface area contributed by atoms with Gasteiger partial charge in [-0.25, -0.2) is 4.39 Å². The molecule has 43 valence electrons. The van der Waals surface area contributed by atoms with Crippen LogP contribution in [-0.2, 0) is 7.05 Å². The summed E-state index contributed by atoms with van der Waals surface area (Å²) in [5, 5.41) is 3.61. The van der Waals surface area contributed by atoms with Crippen molar-refractivity contribution in [1.29, 1.82) is 0 Å². The van der Waals surface area contributed by atoms with Gasteiger partial charge < -0.3 is 0 Å². The van der Waals surface area contributed by atoms with Gasteiger partial charge in [-0.05, 0) is 15.9 Å². The van der Waals surface area contributed by atoms with Crippen molar-refractivity contribution in [3.63, 3.8) is 0 Å². The second-order valence-electron chi connectivity index (χ2n) is 1.34. The lowest BCUT2D eigenvalue weighted by atomic mass is 10.7. The minimum absolute atomic E-state index is 0.208. The standard InChI is InChI=1S/C4H3BrFN2/c1-8-2-3(6)4(5)7-8/h1H3. The molecule has 1 aromatic heterocycles. The number of nitrogens with zero attached hydrogens (tertiary/aromatic N) is 2. The van der Waals surface area contributed by atoms with Crippen LogP contribution in [0, 0.1) is 12.0 Å². The van der Waals surface area contributed by atoms with Crippen LogP contribution in [0.3, 0.4) is 0 Å². The van der Waals surface area contributed by atoms with Gasteiger partial charge in [-0.1, -0.05) is 0 Å². The van der Waals surface area contributed by atoms with Crippen LogP contribution in [0.5, 0.6) is 0 Å². The summed E-state index contributed by atoms with van der Waals surface area (Å²) in [4.78, 5) is 0. The van der Waals surface area contributed by atoms with Gasteiger partial charge in [0.2, 0.25) is 0 Å². The molecule has 0 bridgehead atoms. The first kappa shape index (κ1) is 5.75. The largest absolute Gasteiger partial charge is 0.262 e. The van der Waals surface area contributed by atoms with Crippen LogP contribution in [0.4, 0.5) is 4.39 Å². The first-order valence-electron chi connectivity index (χ1n) is 1.97. The van der Waals surface area contributed by atoms with Crippen molar-refractivity contribution >= 4 is 15.9 Å². The van der Waals surface area contributed by atoms with Crippen molar-refractivity contribution in [3.8, 4) is 0 Å². The van der Waals surface area contributed by atoms with Gasteiger partial charge in [0, 0.05) is 7.05 Å². The Hall–Kier alpha value is -0.380. The third-order valence-corrected chi connectivity index (χ3v) is 1.19. The summed E-state index contributed by atoms with van der Waals surface area (Å²) in [6.45, 7) is 0. The van der Waals surface area contributed by atoms with Gasteiger partial charge in [0.15, 0.2) is 10.4 Å². The molecule has 0 aliphatic heterocycles.